The zero-order valence-electron chi connectivity index (χ0n) is 8.71. The van der Waals surface area contributed by atoms with Gasteiger partial charge in [-0.05, 0) is 34.8 Å². The minimum absolute atomic E-state index is 0.634. The van der Waals surface area contributed by atoms with Crippen LogP contribution in [0.2, 0.25) is 5.02 Å². The van der Waals surface area contributed by atoms with Crippen molar-refractivity contribution in [2.24, 2.45) is 0 Å². The molecule has 0 aromatic carbocycles. The van der Waals surface area contributed by atoms with Gasteiger partial charge >= 0.3 is 0 Å². The summed E-state index contributed by atoms with van der Waals surface area (Å²) in [5, 5.41) is 0.672. The molecule has 0 N–H and O–H groups in total. The predicted molar refractivity (Wildman–Crippen MR) is 67.6 cm³/mol. The number of pyridine rings is 1. The number of halogens is 2. The van der Waals surface area contributed by atoms with Crippen LogP contribution in [0.1, 0.15) is 25.7 Å². The summed E-state index contributed by atoms with van der Waals surface area (Å²) in [5.74, 6) is 0.992. The second-order valence-corrected chi connectivity index (χ2v) is 5.30. The van der Waals surface area contributed by atoms with E-state index < -0.39 is 0 Å². The van der Waals surface area contributed by atoms with E-state index in [-0.39, 0.29) is 0 Å². The van der Waals surface area contributed by atoms with Crippen molar-refractivity contribution in [2.45, 2.75) is 31.7 Å². The Morgan fingerprint density at radius 1 is 1.47 bits per heavy atom. The lowest BCUT2D eigenvalue weighted by Crippen LogP contribution is -2.29. The molecule has 0 atom stereocenters. The number of aromatic nitrogens is 1. The Kier molecular flexibility index (Phi) is 3.52. The molecule has 0 saturated heterocycles. The largest absolute Gasteiger partial charge is 0.356 e. The van der Waals surface area contributed by atoms with Crippen LogP contribution in [0.5, 0.6) is 0 Å². The van der Waals surface area contributed by atoms with Gasteiger partial charge in [-0.1, -0.05) is 24.4 Å². The highest BCUT2D eigenvalue weighted by Crippen LogP contribution is 2.31. The smallest absolute Gasteiger partial charge is 0.142 e. The van der Waals surface area contributed by atoms with Crippen LogP contribution in [0.15, 0.2) is 16.7 Å². The Hall–Kier alpha value is -0.280. The second kappa shape index (κ2) is 4.71. The van der Waals surface area contributed by atoms with Gasteiger partial charge in [0.05, 0.1) is 9.50 Å². The summed E-state index contributed by atoms with van der Waals surface area (Å²) in [6.07, 6.45) is 6.91. The maximum absolute atomic E-state index is 5.87. The minimum atomic E-state index is 0.634. The van der Waals surface area contributed by atoms with Gasteiger partial charge in [0.25, 0.3) is 0 Å². The fourth-order valence-corrected chi connectivity index (χ4v) is 3.05. The molecule has 0 unspecified atom stereocenters. The molecule has 82 valence electrons. The maximum Gasteiger partial charge on any atom is 0.142 e. The van der Waals surface area contributed by atoms with Crippen LogP contribution in [0, 0.1) is 0 Å². The van der Waals surface area contributed by atoms with Gasteiger partial charge in [-0.2, -0.15) is 0 Å². The Morgan fingerprint density at radius 2 is 2.13 bits per heavy atom. The van der Waals surface area contributed by atoms with Crippen LogP contribution in [-0.4, -0.2) is 18.1 Å². The zero-order chi connectivity index (χ0) is 10.8. The first-order valence-electron chi connectivity index (χ1n) is 5.22. The molecule has 4 heteroatoms. The van der Waals surface area contributed by atoms with E-state index in [1.807, 2.05) is 6.07 Å². The van der Waals surface area contributed by atoms with Crippen LogP contribution in [0.3, 0.4) is 0 Å². The van der Waals surface area contributed by atoms with E-state index in [4.69, 9.17) is 11.6 Å². The van der Waals surface area contributed by atoms with Gasteiger partial charge in [-0.15, -0.1) is 0 Å². The van der Waals surface area contributed by atoms with Crippen LogP contribution >= 0.6 is 27.5 Å². The fourth-order valence-electron chi connectivity index (χ4n) is 2.13. The van der Waals surface area contributed by atoms with Gasteiger partial charge < -0.3 is 4.90 Å². The van der Waals surface area contributed by atoms with E-state index in [0.29, 0.717) is 11.1 Å². The van der Waals surface area contributed by atoms with Gasteiger partial charge in [-0.25, -0.2) is 4.98 Å². The SMILES string of the molecule is CN(c1ncc(Cl)cc1Br)C1CCCC1. The number of rotatable bonds is 2. The number of anilines is 1. The molecular formula is C11H14BrClN2. The van der Waals surface area contributed by atoms with Crippen LogP contribution in [-0.2, 0) is 0 Å². The summed E-state index contributed by atoms with van der Waals surface area (Å²) in [6, 6.07) is 2.53. The molecule has 0 aliphatic heterocycles. The summed E-state index contributed by atoms with van der Waals surface area (Å²) in [6.45, 7) is 0. The lowest BCUT2D eigenvalue weighted by molar-refractivity contribution is 0.645. The molecule has 2 nitrogen and oxygen atoms in total. The van der Waals surface area contributed by atoms with Crippen molar-refractivity contribution in [3.8, 4) is 0 Å². The summed E-state index contributed by atoms with van der Waals surface area (Å²) in [7, 11) is 2.11. The second-order valence-electron chi connectivity index (χ2n) is 4.01. The van der Waals surface area contributed by atoms with Gasteiger partial charge in [0.2, 0.25) is 0 Å². The van der Waals surface area contributed by atoms with Crippen LogP contribution in [0.4, 0.5) is 5.82 Å². The first-order valence-corrected chi connectivity index (χ1v) is 6.39. The van der Waals surface area contributed by atoms with E-state index in [1.165, 1.54) is 25.7 Å². The third-order valence-electron chi connectivity index (χ3n) is 2.99. The average Bonchev–Trinajstić information content (AvgIpc) is 2.69. The molecule has 2 rings (SSSR count). The van der Waals surface area contributed by atoms with E-state index >= 15 is 0 Å². The van der Waals surface area contributed by atoms with E-state index in [2.05, 4.69) is 32.9 Å². The Balaban J connectivity index is 2.20. The summed E-state index contributed by atoms with van der Waals surface area (Å²) in [5.41, 5.74) is 0. The van der Waals surface area contributed by atoms with Crippen molar-refractivity contribution in [3.63, 3.8) is 0 Å². The highest BCUT2D eigenvalue weighted by Gasteiger charge is 2.21. The van der Waals surface area contributed by atoms with Crippen molar-refractivity contribution < 1.29 is 0 Å². The van der Waals surface area contributed by atoms with E-state index in [9.17, 15) is 0 Å². The fraction of sp³-hybridized carbons (Fsp3) is 0.545. The van der Waals surface area contributed by atoms with Crippen molar-refractivity contribution in [1.82, 2.24) is 4.98 Å². The summed E-state index contributed by atoms with van der Waals surface area (Å²) < 4.78 is 0.976. The standard InChI is InChI=1S/C11H14BrClN2/c1-15(9-4-2-3-5-9)11-10(12)6-8(13)7-14-11/h6-7,9H,2-5H2,1H3. The summed E-state index contributed by atoms with van der Waals surface area (Å²) >= 11 is 9.38. The molecule has 1 aliphatic rings. The van der Waals surface area contributed by atoms with E-state index in [1.54, 1.807) is 6.20 Å². The van der Waals surface area contributed by atoms with Gasteiger partial charge in [0.1, 0.15) is 5.82 Å². The zero-order valence-corrected chi connectivity index (χ0v) is 11.1. The molecule has 15 heavy (non-hydrogen) atoms. The third kappa shape index (κ3) is 2.45. The molecule has 1 fully saturated rings. The van der Waals surface area contributed by atoms with Crippen molar-refractivity contribution >= 4 is 33.3 Å². The average molecular weight is 290 g/mol. The molecule has 0 amide bonds. The minimum Gasteiger partial charge on any atom is -0.356 e. The Bertz CT molecular complexity index is 350. The molecule has 1 aromatic rings. The molecule has 1 heterocycles. The Morgan fingerprint density at radius 3 is 2.73 bits per heavy atom. The monoisotopic (exact) mass is 288 g/mol. The van der Waals surface area contributed by atoms with E-state index in [0.717, 1.165) is 10.3 Å². The normalized spacial score (nSPS) is 17.0. The highest BCUT2D eigenvalue weighted by molar-refractivity contribution is 9.10. The van der Waals surface area contributed by atoms with Crippen molar-refractivity contribution in [1.29, 1.82) is 0 Å². The summed E-state index contributed by atoms with van der Waals surface area (Å²) in [4.78, 5) is 6.63. The predicted octanol–water partition coefficient (Wildman–Crippen LogP) is 3.88. The molecule has 0 spiro atoms. The first-order chi connectivity index (χ1) is 7.18. The number of hydrogen-bond acceptors (Lipinski definition) is 2. The Labute approximate surface area is 104 Å². The van der Waals surface area contributed by atoms with Crippen LogP contribution < -0.4 is 4.90 Å². The maximum atomic E-state index is 5.87. The molecular weight excluding hydrogens is 275 g/mol. The highest BCUT2D eigenvalue weighted by atomic mass is 79.9. The molecule has 1 aromatic heterocycles. The van der Waals surface area contributed by atoms with Gasteiger partial charge in [-0.3, -0.25) is 0 Å². The van der Waals surface area contributed by atoms with Gasteiger partial charge in [0, 0.05) is 19.3 Å². The molecule has 0 bridgehead atoms. The lowest BCUT2D eigenvalue weighted by atomic mass is 10.2. The van der Waals surface area contributed by atoms with Gasteiger partial charge in [0.15, 0.2) is 0 Å². The lowest BCUT2D eigenvalue weighted by Gasteiger charge is -2.26. The molecule has 1 aliphatic carbocycles. The number of hydrogen-bond donors (Lipinski definition) is 0. The van der Waals surface area contributed by atoms with Crippen molar-refractivity contribution in [2.75, 3.05) is 11.9 Å². The van der Waals surface area contributed by atoms with Crippen LogP contribution in [0.25, 0.3) is 0 Å². The first kappa shape index (κ1) is 11.2. The topological polar surface area (TPSA) is 16.1 Å². The number of nitrogens with zero attached hydrogens (tertiary/aromatic N) is 2. The van der Waals surface area contributed by atoms with Crippen molar-refractivity contribution in [3.05, 3.63) is 21.8 Å². The quantitative estimate of drug-likeness (QED) is 0.821. The molecule has 1 saturated carbocycles. The third-order valence-corrected chi connectivity index (χ3v) is 3.79. The molecule has 0 radical (unpaired) electrons.